The summed E-state index contributed by atoms with van der Waals surface area (Å²) >= 11 is 2.42. The lowest BCUT2D eigenvalue weighted by Gasteiger charge is -2.42. The van der Waals surface area contributed by atoms with Gasteiger partial charge in [-0.1, -0.05) is 30.3 Å². The molecule has 106 valence electrons. The molecule has 1 aliphatic heterocycles. The van der Waals surface area contributed by atoms with Crippen molar-refractivity contribution in [2.75, 3.05) is 19.8 Å². The van der Waals surface area contributed by atoms with E-state index in [0.717, 1.165) is 26.3 Å². The Labute approximate surface area is 134 Å². The fourth-order valence-electron chi connectivity index (χ4n) is 2.85. The predicted molar refractivity (Wildman–Crippen MR) is 92.0 cm³/mol. The number of hydrogen-bond acceptors (Lipinski definition) is 2. The molecular formula is C17H20INO. The molecule has 0 atom stereocenters. The topological polar surface area (TPSA) is 12.5 Å². The number of nitrogens with zero attached hydrogens (tertiary/aromatic N) is 1. The summed E-state index contributed by atoms with van der Waals surface area (Å²) in [5, 5.41) is 2.73. The Balaban J connectivity index is 1.97. The molecule has 0 unspecified atom stereocenters. The van der Waals surface area contributed by atoms with Crippen molar-refractivity contribution < 1.29 is 4.74 Å². The fourth-order valence-corrected chi connectivity index (χ4v) is 3.50. The first-order chi connectivity index (χ1) is 9.58. The van der Waals surface area contributed by atoms with Crippen LogP contribution in [-0.4, -0.2) is 30.2 Å². The van der Waals surface area contributed by atoms with Gasteiger partial charge in [0.1, 0.15) is 0 Å². The Kier molecular flexibility index (Phi) is 4.02. The summed E-state index contributed by atoms with van der Waals surface area (Å²) in [5.41, 5.74) is 1.53. The van der Waals surface area contributed by atoms with Crippen molar-refractivity contribution in [2.45, 2.75) is 25.9 Å². The molecule has 2 nitrogen and oxygen atoms in total. The van der Waals surface area contributed by atoms with Crippen molar-refractivity contribution in [1.82, 2.24) is 4.90 Å². The van der Waals surface area contributed by atoms with E-state index in [-0.39, 0.29) is 5.54 Å². The van der Waals surface area contributed by atoms with E-state index in [9.17, 15) is 0 Å². The molecule has 0 radical (unpaired) electrons. The molecule has 20 heavy (non-hydrogen) atoms. The highest BCUT2D eigenvalue weighted by Gasteiger charge is 2.30. The van der Waals surface area contributed by atoms with Gasteiger partial charge >= 0.3 is 0 Å². The zero-order chi connectivity index (χ0) is 14.2. The van der Waals surface area contributed by atoms with Crippen molar-refractivity contribution in [3.05, 3.63) is 45.5 Å². The summed E-state index contributed by atoms with van der Waals surface area (Å²) in [6, 6.07) is 13.2. The van der Waals surface area contributed by atoms with E-state index in [1.807, 2.05) is 0 Å². The first-order valence-corrected chi connectivity index (χ1v) is 8.15. The van der Waals surface area contributed by atoms with Crippen molar-refractivity contribution in [1.29, 1.82) is 0 Å². The lowest BCUT2D eigenvalue weighted by molar-refractivity contribution is -0.0551. The molecule has 1 heterocycles. The van der Waals surface area contributed by atoms with Crippen LogP contribution in [0.2, 0.25) is 0 Å². The van der Waals surface area contributed by atoms with Crippen LogP contribution < -0.4 is 0 Å². The third kappa shape index (κ3) is 2.71. The molecule has 1 fully saturated rings. The van der Waals surface area contributed by atoms with Crippen LogP contribution in [0.5, 0.6) is 0 Å². The second-order valence-electron chi connectivity index (χ2n) is 6.04. The minimum Gasteiger partial charge on any atom is -0.378 e. The second kappa shape index (κ2) is 5.62. The van der Waals surface area contributed by atoms with Gasteiger partial charge in [-0.15, -0.1) is 0 Å². The Hall–Kier alpha value is -0.650. The molecule has 1 saturated heterocycles. The van der Waals surface area contributed by atoms with E-state index in [2.05, 4.69) is 77.7 Å². The molecule has 2 aromatic carbocycles. The zero-order valence-electron chi connectivity index (χ0n) is 12.0. The van der Waals surface area contributed by atoms with E-state index in [1.54, 1.807) is 0 Å². The largest absolute Gasteiger partial charge is 0.378 e. The highest BCUT2D eigenvalue weighted by Crippen LogP contribution is 2.28. The van der Waals surface area contributed by atoms with Crippen molar-refractivity contribution in [3.8, 4) is 0 Å². The van der Waals surface area contributed by atoms with Gasteiger partial charge in [0, 0.05) is 22.2 Å². The Bertz CT molecular complexity index is 623. The zero-order valence-corrected chi connectivity index (χ0v) is 14.2. The number of morpholine rings is 1. The summed E-state index contributed by atoms with van der Waals surface area (Å²) in [5.74, 6) is 0. The van der Waals surface area contributed by atoms with Gasteiger partial charge in [-0.2, -0.15) is 0 Å². The Morgan fingerprint density at radius 1 is 1.15 bits per heavy atom. The van der Waals surface area contributed by atoms with E-state index in [0.29, 0.717) is 0 Å². The molecule has 1 aliphatic rings. The average molecular weight is 381 g/mol. The van der Waals surface area contributed by atoms with Crippen molar-refractivity contribution in [3.63, 3.8) is 0 Å². The number of ether oxygens (including phenoxy) is 1. The number of hydrogen-bond donors (Lipinski definition) is 0. The van der Waals surface area contributed by atoms with Crippen LogP contribution in [0.25, 0.3) is 10.8 Å². The molecule has 0 aliphatic carbocycles. The maximum Gasteiger partial charge on any atom is 0.0645 e. The van der Waals surface area contributed by atoms with Crippen LogP contribution in [0.15, 0.2) is 36.4 Å². The van der Waals surface area contributed by atoms with E-state index < -0.39 is 0 Å². The smallest absolute Gasteiger partial charge is 0.0645 e. The second-order valence-corrected chi connectivity index (χ2v) is 7.20. The molecule has 0 spiro atoms. The monoisotopic (exact) mass is 381 g/mol. The summed E-state index contributed by atoms with van der Waals surface area (Å²) in [7, 11) is 0. The van der Waals surface area contributed by atoms with Gasteiger partial charge in [0.05, 0.1) is 13.2 Å². The number of fused-ring (bicyclic) bond motifs is 1. The van der Waals surface area contributed by atoms with Gasteiger partial charge in [-0.25, -0.2) is 0 Å². The van der Waals surface area contributed by atoms with Crippen LogP contribution in [0.1, 0.15) is 19.4 Å². The number of halogens is 1. The molecule has 0 saturated carbocycles. The van der Waals surface area contributed by atoms with Crippen LogP contribution in [0.3, 0.4) is 0 Å². The number of benzene rings is 2. The van der Waals surface area contributed by atoms with Crippen molar-refractivity contribution >= 4 is 33.4 Å². The Morgan fingerprint density at radius 3 is 2.65 bits per heavy atom. The van der Waals surface area contributed by atoms with Crippen LogP contribution in [0.4, 0.5) is 0 Å². The molecule has 2 aromatic rings. The molecule has 3 rings (SSSR count). The lowest BCUT2D eigenvalue weighted by atomic mass is 9.99. The summed E-state index contributed by atoms with van der Waals surface area (Å²) in [4.78, 5) is 2.53. The van der Waals surface area contributed by atoms with Crippen LogP contribution >= 0.6 is 22.6 Å². The van der Waals surface area contributed by atoms with E-state index >= 15 is 0 Å². The Morgan fingerprint density at radius 2 is 1.90 bits per heavy atom. The summed E-state index contributed by atoms with van der Waals surface area (Å²) in [6.07, 6.45) is 0. The molecule has 0 N–H and O–H groups in total. The van der Waals surface area contributed by atoms with Gasteiger partial charge < -0.3 is 4.74 Å². The van der Waals surface area contributed by atoms with Crippen LogP contribution in [-0.2, 0) is 11.3 Å². The van der Waals surface area contributed by atoms with Gasteiger partial charge in [0.25, 0.3) is 0 Å². The first-order valence-electron chi connectivity index (χ1n) is 7.07. The predicted octanol–water partition coefficient (Wildman–Crippen LogP) is 4.06. The minimum absolute atomic E-state index is 0.113. The number of rotatable bonds is 2. The third-order valence-electron chi connectivity index (χ3n) is 4.14. The molecule has 0 aromatic heterocycles. The first kappa shape index (κ1) is 14.3. The maximum atomic E-state index is 5.62. The molecule has 0 bridgehead atoms. The van der Waals surface area contributed by atoms with Gasteiger partial charge in [0.15, 0.2) is 0 Å². The molecule has 0 amide bonds. The molecular weight excluding hydrogens is 361 g/mol. The van der Waals surface area contributed by atoms with Gasteiger partial charge in [0.2, 0.25) is 0 Å². The minimum atomic E-state index is 0.113. The van der Waals surface area contributed by atoms with Gasteiger partial charge in [-0.05, 0) is 58.8 Å². The standard InChI is InChI=1S/C17H20INO/c1-17(2)12-20-10-9-19(17)11-13-7-8-16(18)15-6-4-3-5-14(13)15/h3-8H,9-12H2,1-2H3. The van der Waals surface area contributed by atoms with E-state index in [4.69, 9.17) is 4.74 Å². The lowest BCUT2D eigenvalue weighted by Crippen LogP contribution is -2.52. The quantitative estimate of drug-likeness (QED) is 0.728. The highest BCUT2D eigenvalue weighted by atomic mass is 127. The fraction of sp³-hybridized carbons (Fsp3) is 0.412. The SMILES string of the molecule is CC1(C)COCCN1Cc1ccc(I)c2ccccc12. The average Bonchev–Trinajstić information content (AvgIpc) is 2.44. The van der Waals surface area contributed by atoms with Gasteiger partial charge in [-0.3, -0.25) is 4.90 Å². The normalized spacial score (nSPS) is 19.4. The summed E-state index contributed by atoms with van der Waals surface area (Å²) in [6.45, 7) is 8.18. The molecule has 3 heteroatoms. The summed E-state index contributed by atoms with van der Waals surface area (Å²) < 4.78 is 6.94. The van der Waals surface area contributed by atoms with E-state index in [1.165, 1.54) is 19.9 Å². The van der Waals surface area contributed by atoms with Crippen LogP contribution in [0, 0.1) is 3.57 Å². The van der Waals surface area contributed by atoms with Crippen molar-refractivity contribution in [2.24, 2.45) is 0 Å². The highest BCUT2D eigenvalue weighted by molar-refractivity contribution is 14.1. The maximum absolute atomic E-state index is 5.62. The third-order valence-corrected chi connectivity index (χ3v) is 5.08.